The monoisotopic (exact) mass is 356 g/mol. The molecule has 0 aromatic heterocycles. The van der Waals surface area contributed by atoms with Gasteiger partial charge in [0.2, 0.25) is 0 Å². The van der Waals surface area contributed by atoms with Gasteiger partial charge in [-0.1, -0.05) is 42.5 Å². The molecule has 0 amide bonds. The predicted molar refractivity (Wildman–Crippen MR) is 106 cm³/mol. The van der Waals surface area contributed by atoms with Crippen LogP contribution in [-0.4, -0.2) is 29.0 Å². The molecule has 0 atom stereocenters. The molecule has 1 aliphatic rings. The van der Waals surface area contributed by atoms with Gasteiger partial charge in [-0.3, -0.25) is 4.79 Å². The standard InChI is InChI=1S/C20H20O2S2/c1-22-17-10-8-15(9-11-17)14-18(16-6-3-2-4-7-16)19(21)20-23-12-5-13-24-20/h2-4,6-11,14,20H,5,12-13H2,1H3/b18-14+. The molecule has 0 aliphatic carbocycles. The summed E-state index contributed by atoms with van der Waals surface area (Å²) in [5, 5.41) is 0. The largest absolute Gasteiger partial charge is 0.497 e. The average molecular weight is 357 g/mol. The normalized spacial score (nSPS) is 16.0. The number of thioether (sulfide) groups is 2. The first-order valence-corrected chi connectivity index (χ1v) is 10.1. The van der Waals surface area contributed by atoms with Crippen molar-refractivity contribution in [1.29, 1.82) is 0 Å². The third kappa shape index (κ3) is 4.25. The van der Waals surface area contributed by atoms with Gasteiger partial charge in [0.1, 0.15) is 10.3 Å². The molecule has 3 rings (SSSR count). The number of ether oxygens (including phenoxy) is 1. The summed E-state index contributed by atoms with van der Waals surface area (Å²) in [6.07, 6.45) is 3.18. The van der Waals surface area contributed by atoms with Crippen LogP contribution in [0.5, 0.6) is 5.75 Å². The number of methoxy groups -OCH3 is 1. The van der Waals surface area contributed by atoms with Crippen molar-refractivity contribution in [2.24, 2.45) is 0 Å². The summed E-state index contributed by atoms with van der Waals surface area (Å²) in [6.45, 7) is 0. The number of hydrogen-bond donors (Lipinski definition) is 0. The second-order valence-corrected chi connectivity index (χ2v) is 8.21. The van der Waals surface area contributed by atoms with Gasteiger partial charge in [-0.25, -0.2) is 0 Å². The fraction of sp³-hybridized carbons (Fsp3) is 0.250. The van der Waals surface area contributed by atoms with Crippen LogP contribution in [0.3, 0.4) is 0 Å². The summed E-state index contributed by atoms with van der Waals surface area (Å²) >= 11 is 3.53. The minimum atomic E-state index is 0.00320. The van der Waals surface area contributed by atoms with Gasteiger partial charge in [-0.2, -0.15) is 0 Å². The molecule has 0 radical (unpaired) electrons. The fourth-order valence-electron chi connectivity index (χ4n) is 2.55. The highest BCUT2D eigenvalue weighted by Crippen LogP contribution is 2.35. The molecule has 124 valence electrons. The summed E-state index contributed by atoms with van der Waals surface area (Å²) < 4.78 is 5.21. The number of allylic oxidation sites excluding steroid dienone is 1. The van der Waals surface area contributed by atoms with Gasteiger partial charge in [0, 0.05) is 5.57 Å². The molecule has 1 fully saturated rings. The van der Waals surface area contributed by atoms with Crippen molar-refractivity contribution in [2.75, 3.05) is 18.6 Å². The van der Waals surface area contributed by atoms with Gasteiger partial charge >= 0.3 is 0 Å². The molecule has 4 heteroatoms. The molecule has 0 saturated carbocycles. The van der Waals surface area contributed by atoms with Gasteiger partial charge in [-0.05, 0) is 47.3 Å². The Balaban J connectivity index is 1.94. The number of ketones is 1. The topological polar surface area (TPSA) is 26.3 Å². The van der Waals surface area contributed by atoms with Gasteiger partial charge in [0.15, 0.2) is 5.78 Å². The first kappa shape index (κ1) is 17.2. The van der Waals surface area contributed by atoms with Crippen LogP contribution in [-0.2, 0) is 4.79 Å². The van der Waals surface area contributed by atoms with Crippen molar-refractivity contribution in [3.63, 3.8) is 0 Å². The Morgan fingerprint density at radius 1 is 1.04 bits per heavy atom. The molecule has 2 aromatic rings. The van der Waals surface area contributed by atoms with E-state index in [1.807, 2.05) is 60.7 Å². The first-order valence-electron chi connectivity index (χ1n) is 7.96. The zero-order valence-corrected chi connectivity index (χ0v) is 15.2. The molecule has 1 saturated heterocycles. The summed E-state index contributed by atoms with van der Waals surface area (Å²) in [5.74, 6) is 3.16. The summed E-state index contributed by atoms with van der Waals surface area (Å²) in [4.78, 5) is 13.1. The third-order valence-corrected chi connectivity index (χ3v) is 6.72. The minimum Gasteiger partial charge on any atom is -0.497 e. The van der Waals surface area contributed by atoms with Crippen LogP contribution in [0.4, 0.5) is 0 Å². The Kier molecular flexibility index (Phi) is 6.05. The SMILES string of the molecule is COc1ccc(/C=C(/C(=O)C2SCCCS2)c2ccccc2)cc1. The maximum Gasteiger partial charge on any atom is 0.186 e. The van der Waals surface area contributed by atoms with Crippen LogP contribution in [0, 0.1) is 0 Å². The molecule has 0 unspecified atom stereocenters. The minimum absolute atomic E-state index is 0.00320. The highest BCUT2D eigenvalue weighted by Gasteiger charge is 2.26. The van der Waals surface area contributed by atoms with E-state index in [4.69, 9.17) is 4.74 Å². The van der Waals surface area contributed by atoms with Crippen LogP contribution in [0.1, 0.15) is 17.5 Å². The Morgan fingerprint density at radius 3 is 2.33 bits per heavy atom. The van der Waals surface area contributed by atoms with Crippen molar-refractivity contribution in [1.82, 2.24) is 0 Å². The van der Waals surface area contributed by atoms with Crippen LogP contribution in [0.2, 0.25) is 0 Å². The van der Waals surface area contributed by atoms with Crippen LogP contribution in [0.25, 0.3) is 11.6 Å². The van der Waals surface area contributed by atoms with E-state index in [-0.39, 0.29) is 10.4 Å². The second-order valence-electron chi connectivity index (χ2n) is 5.49. The van der Waals surface area contributed by atoms with Crippen LogP contribution in [0.15, 0.2) is 54.6 Å². The summed E-state index contributed by atoms with van der Waals surface area (Å²) in [6, 6.07) is 17.7. The molecule has 0 N–H and O–H groups in total. The van der Waals surface area contributed by atoms with E-state index in [0.29, 0.717) is 0 Å². The average Bonchev–Trinajstić information content (AvgIpc) is 2.67. The highest BCUT2D eigenvalue weighted by molar-refractivity contribution is 8.18. The first-order chi connectivity index (χ1) is 11.8. The molecular weight excluding hydrogens is 336 g/mol. The zero-order valence-electron chi connectivity index (χ0n) is 13.6. The number of carbonyl (C=O) groups excluding carboxylic acids is 1. The van der Waals surface area contributed by atoms with Crippen molar-refractivity contribution in [3.8, 4) is 5.75 Å². The lowest BCUT2D eigenvalue weighted by molar-refractivity contribution is -0.112. The molecule has 1 heterocycles. The lowest BCUT2D eigenvalue weighted by Crippen LogP contribution is -2.19. The molecule has 2 aromatic carbocycles. The van der Waals surface area contributed by atoms with Crippen molar-refractivity contribution in [2.45, 2.75) is 11.0 Å². The van der Waals surface area contributed by atoms with Gasteiger partial charge in [0.25, 0.3) is 0 Å². The Labute approximate surface area is 151 Å². The number of hydrogen-bond acceptors (Lipinski definition) is 4. The van der Waals surface area contributed by atoms with E-state index in [0.717, 1.165) is 34.0 Å². The number of rotatable bonds is 5. The molecular formula is C20H20O2S2. The van der Waals surface area contributed by atoms with Crippen molar-refractivity contribution in [3.05, 3.63) is 65.7 Å². The van der Waals surface area contributed by atoms with Gasteiger partial charge in [-0.15, -0.1) is 23.5 Å². The molecule has 0 bridgehead atoms. The Bertz CT molecular complexity index is 702. The third-order valence-electron chi connectivity index (χ3n) is 3.82. The summed E-state index contributed by atoms with van der Waals surface area (Å²) in [5.41, 5.74) is 2.77. The Morgan fingerprint density at radius 2 is 1.71 bits per heavy atom. The smallest absolute Gasteiger partial charge is 0.186 e. The molecule has 24 heavy (non-hydrogen) atoms. The van der Waals surface area contributed by atoms with Gasteiger partial charge in [0.05, 0.1) is 7.11 Å². The molecule has 1 aliphatic heterocycles. The van der Waals surface area contributed by atoms with E-state index in [1.54, 1.807) is 30.6 Å². The van der Waals surface area contributed by atoms with E-state index < -0.39 is 0 Å². The molecule has 0 spiro atoms. The van der Waals surface area contributed by atoms with E-state index in [1.165, 1.54) is 6.42 Å². The second kappa shape index (κ2) is 8.45. The maximum absolute atomic E-state index is 13.1. The van der Waals surface area contributed by atoms with Gasteiger partial charge < -0.3 is 4.74 Å². The van der Waals surface area contributed by atoms with E-state index in [2.05, 4.69) is 0 Å². The predicted octanol–water partition coefficient (Wildman–Crippen LogP) is 5.00. The highest BCUT2D eigenvalue weighted by atomic mass is 32.2. The number of carbonyl (C=O) groups is 1. The quantitative estimate of drug-likeness (QED) is 0.556. The van der Waals surface area contributed by atoms with Crippen molar-refractivity contribution < 1.29 is 9.53 Å². The number of Topliss-reactive ketones (excluding diaryl/α,β-unsaturated/α-hetero) is 1. The number of benzene rings is 2. The van der Waals surface area contributed by atoms with Crippen LogP contribution < -0.4 is 4.74 Å². The van der Waals surface area contributed by atoms with Crippen molar-refractivity contribution >= 4 is 41.0 Å². The lowest BCUT2D eigenvalue weighted by atomic mass is 9.99. The molecule has 2 nitrogen and oxygen atoms in total. The van der Waals surface area contributed by atoms with E-state index in [9.17, 15) is 4.79 Å². The fourth-order valence-corrected chi connectivity index (χ4v) is 5.30. The Hall–Kier alpha value is -1.65. The lowest BCUT2D eigenvalue weighted by Gasteiger charge is -2.21. The van der Waals surface area contributed by atoms with E-state index >= 15 is 0 Å². The zero-order chi connectivity index (χ0) is 16.8. The van der Waals surface area contributed by atoms with Crippen LogP contribution >= 0.6 is 23.5 Å². The summed E-state index contributed by atoms with van der Waals surface area (Å²) in [7, 11) is 1.65. The maximum atomic E-state index is 13.1.